The molecule has 176 valence electrons. The van der Waals surface area contributed by atoms with Crippen LogP contribution in [0.4, 0.5) is 0 Å². The minimum absolute atomic E-state index is 0.0167. The molecule has 0 amide bonds. The summed E-state index contributed by atoms with van der Waals surface area (Å²) in [4.78, 5) is 2.31. The highest BCUT2D eigenvalue weighted by Gasteiger charge is 2.23. The first kappa shape index (κ1) is 24.4. The molecule has 0 aliphatic carbocycles. The molecule has 6 nitrogen and oxygen atoms in total. The van der Waals surface area contributed by atoms with Crippen molar-refractivity contribution in [1.82, 2.24) is 4.90 Å². The standard InChI is InChI=1S/C27H33NO5/c1-29-19-28(18-20-9-7-6-8-10-20)23(22-12-14-25(31-3)27(17-22)33-5)15-21-11-13-24(30-2)26(16-21)32-4/h6-14,16-17,23H,15,18-19H2,1-5H3. The quantitative estimate of drug-likeness (QED) is 0.357. The third kappa shape index (κ3) is 6.18. The molecule has 0 aliphatic heterocycles. The van der Waals surface area contributed by atoms with Crippen LogP contribution in [0.3, 0.4) is 0 Å². The van der Waals surface area contributed by atoms with Crippen LogP contribution in [-0.4, -0.2) is 47.2 Å². The van der Waals surface area contributed by atoms with E-state index < -0.39 is 0 Å². The Morgan fingerprint density at radius 3 is 1.85 bits per heavy atom. The van der Waals surface area contributed by atoms with Gasteiger partial charge in [0, 0.05) is 19.7 Å². The van der Waals surface area contributed by atoms with Crippen LogP contribution in [0.5, 0.6) is 23.0 Å². The van der Waals surface area contributed by atoms with Crippen molar-refractivity contribution in [3.05, 3.63) is 83.4 Å². The van der Waals surface area contributed by atoms with Crippen LogP contribution in [0.25, 0.3) is 0 Å². The van der Waals surface area contributed by atoms with E-state index in [1.54, 1.807) is 35.5 Å². The molecular weight excluding hydrogens is 418 g/mol. The molecule has 0 aliphatic rings. The fraction of sp³-hybridized carbons (Fsp3) is 0.333. The Morgan fingerprint density at radius 2 is 1.24 bits per heavy atom. The molecule has 0 radical (unpaired) electrons. The summed E-state index contributed by atoms with van der Waals surface area (Å²) in [5.74, 6) is 2.82. The van der Waals surface area contributed by atoms with Crippen molar-refractivity contribution in [1.29, 1.82) is 0 Å². The molecule has 0 N–H and O–H groups in total. The largest absolute Gasteiger partial charge is 0.493 e. The van der Waals surface area contributed by atoms with Gasteiger partial charge in [-0.25, -0.2) is 0 Å². The predicted octanol–water partition coefficient (Wildman–Crippen LogP) is 5.11. The van der Waals surface area contributed by atoms with Crippen LogP contribution in [0, 0.1) is 0 Å². The molecular formula is C27H33NO5. The summed E-state index contributed by atoms with van der Waals surface area (Å²) < 4.78 is 27.6. The van der Waals surface area contributed by atoms with E-state index in [9.17, 15) is 0 Å². The monoisotopic (exact) mass is 451 g/mol. The zero-order chi connectivity index (χ0) is 23.6. The molecule has 0 heterocycles. The SMILES string of the molecule is COCN(Cc1ccccc1)C(Cc1ccc(OC)c(OC)c1)c1ccc(OC)c(OC)c1. The molecule has 3 rings (SSSR count). The van der Waals surface area contributed by atoms with E-state index in [0.717, 1.165) is 24.1 Å². The average Bonchev–Trinajstić information content (AvgIpc) is 2.87. The van der Waals surface area contributed by atoms with Crippen LogP contribution in [-0.2, 0) is 17.7 Å². The van der Waals surface area contributed by atoms with Gasteiger partial charge in [-0.15, -0.1) is 0 Å². The molecule has 33 heavy (non-hydrogen) atoms. The highest BCUT2D eigenvalue weighted by molar-refractivity contribution is 5.46. The molecule has 0 spiro atoms. The zero-order valence-corrected chi connectivity index (χ0v) is 20.0. The lowest BCUT2D eigenvalue weighted by molar-refractivity contribution is 0.0259. The van der Waals surface area contributed by atoms with E-state index in [4.69, 9.17) is 23.7 Å². The van der Waals surface area contributed by atoms with Gasteiger partial charge in [-0.05, 0) is 47.4 Å². The molecule has 6 heteroatoms. The highest BCUT2D eigenvalue weighted by Crippen LogP contribution is 2.36. The van der Waals surface area contributed by atoms with Gasteiger partial charge >= 0.3 is 0 Å². The topological polar surface area (TPSA) is 49.4 Å². The van der Waals surface area contributed by atoms with Crippen LogP contribution in [0.1, 0.15) is 22.7 Å². The molecule has 0 fully saturated rings. The molecule has 0 saturated carbocycles. The number of hydrogen-bond acceptors (Lipinski definition) is 6. The summed E-state index contributed by atoms with van der Waals surface area (Å²) in [6, 6.07) is 22.5. The summed E-state index contributed by atoms with van der Waals surface area (Å²) in [6.07, 6.45) is 0.742. The highest BCUT2D eigenvalue weighted by atomic mass is 16.5. The Bertz CT molecular complexity index is 1010. The molecule has 3 aromatic carbocycles. The third-order valence-electron chi connectivity index (χ3n) is 5.63. The number of ether oxygens (including phenoxy) is 5. The molecule has 1 unspecified atom stereocenters. The Morgan fingerprint density at radius 1 is 0.636 bits per heavy atom. The van der Waals surface area contributed by atoms with Crippen LogP contribution >= 0.6 is 0 Å². The molecule has 0 bridgehead atoms. The number of methoxy groups -OCH3 is 5. The summed E-state index contributed by atoms with van der Waals surface area (Å²) in [7, 11) is 8.32. The number of hydrogen-bond donors (Lipinski definition) is 0. The van der Waals surface area contributed by atoms with E-state index in [2.05, 4.69) is 41.3 Å². The van der Waals surface area contributed by atoms with Crippen molar-refractivity contribution in [2.24, 2.45) is 0 Å². The number of rotatable bonds is 12. The van der Waals surface area contributed by atoms with Gasteiger partial charge in [0.1, 0.15) is 0 Å². The summed E-state index contributed by atoms with van der Waals surface area (Å²) in [6.45, 7) is 1.21. The maximum absolute atomic E-state index is 5.62. The van der Waals surface area contributed by atoms with E-state index in [0.29, 0.717) is 29.7 Å². The summed E-state index contributed by atoms with van der Waals surface area (Å²) >= 11 is 0. The van der Waals surface area contributed by atoms with Crippen LogP contribution < -0.4 is 18.9 Å². The predicted molar refractivity (Wildman–Crippen MR) is 129 cm³/mol. The van der Waals surface area contributed by atoms with Crippen molar-refractivity contribution in [2.75, 3.05) is 42.3 Å². The minimum Gasteiger partial charge on any atom is -0.493 e. The number of nitrogens with zero attached hydrogens (tertiary/aromatic N) is 1. The maximum Gasteiger partial charge on any atom is 0.161 e. The van der Waals surface area contributed by atoms with Crippen LogP contribution in [0.2, 0.25) is 0 Å². The fourth-order valence-electron chi connectivity index (χ4n) is 3.98. The first-order valence-electron chi connectivity index (χ1n) is 10.8. The Kier molecular flexibility index (Phi) is 8.98. The second kappa shape index (κ2) is 12.1. The van der Waals surface area contributed by atoms with Gasteiger partial charge in [-0.3, -0.25) is 4.90 Å². The Hall–Kier alpha value is -3.22. The van der Waals surface area contributed by atoms with E-state index in [1.807, 2.05) is 30.3 Å². The van der Waals surface area contributed by atoms with E-state index in [1.165, 1.54) is 5.56 Å². The molecule has 1 atom stereocenters. The van der Waals surface area contributed by atoms with Gasteiger partial charge in [0.25, 0.3) is 0 Å². The van der Waals surface area contributed by atoms with Crippen molar-refractivity contribution in [3.8, 4) is 23.0 Å². The Labute approximate surface area is 196 Å². The van der Waals surface area contributed by atoms with Crippen molar-refractivity contribution in [3.63, 3.8) is 0 Å². The fourth-order valence-corrected chi connectivity index (χ4v) is 3.98. The van der Waals surface area contributed by atoms with Crippen molar-refractivity contribution < 1.29 is 23.7 Å². The molecule has 0 aromatic heterocycles. The van der Waals surface area contributed by atoms with Gasteiger partial charge in [0.05, 0.1) is 35.2 Å². The first-order valence-corrected chi connectivity index (χ1v) is 10.8. The van der Waals surface area contributed by atoms with E-state index >= 15 is 0 Å². The van der Waals surface area contributed by atoms with Crippen molar-refractivity contribution >= 4 is 0 Å². The van der Waals surface area contributed by atoms with Crippen molar-refractivity contribution in [2.45, 2.75) is 19.0 Å². The second-order valence-electron chi connectivity index (χ2n) is 7.67. The van der Waals surface area contributed by atoms with Gasteiger partial charge in [-0.1, -0.05) is 42.5 Å². The third-order valence-corrected chi connectivity index (χ3v) is 5.63. The first-order chi connectivity index (χ1) is 16.1. The van der Waals surface area contributed by atoms with Gasteiger partial charge in [0.15, 0.2) is 23.0 Å². The summed E-state index contributed by atoms with van der Waals surface area (Å²) in [5, 5.41) is 0. The normalized spacial score (nSPS) is 11.8. The maximum atomic E-state index is 5.62. The van der Waals surface area contributed by atoms with Crippen LogP contribution in [0.15, 0.2) is 66.7 Å². The van der Waals surface area contributed by atoms with Gasteiger partial charge in [0.2, 0.25) is 0 Å². The zero-order valence-electron chi connectivity index (χ0n) is 20.0. The summed E-state index contributed by atoms with van der Waals surface area (Å²) in [5.41, 5.74) is 3.45. The lowest BCUT2D eigenvalue weighted by Crippen LogP contribution is -2.31. The smallest absolute Gasteiger partial charge is 0.161 e. The van der Waals surface area contributed by atoms with E-state index in [-0.39, 0.29) is 6.04 Å². The lowest BCUT2D eigenvalue weighted by Gasteiger charge is -2.32. The minimum atomic E-state index is 0.0167. The second-order valence-corrected chi connectivity index (χ2v) is 7.67. The molecule has 0 saturated heterocycles. The van der Waals surface area contributed by atoms with Gasteiger partial charge in [-0.2, -0.15) is 0 Å². The van der Waals surface area contributed by atoms with Gasteiger partial charge < -0.3 is 23.7 Å². The number of benzene rings is 3. The molecule has 3 aromatic rings. The Balaban J connectivity index is 2.03. The average molecular weight is 452 g/mol. The lowest BCUT2D eigenvalue weighted by atomic mass is 9.96.